The Labute approximate surface area is 125 Å². The lowest BCUT2D eigenvalue weighted by atomic mass is 10.2. The van der Waals surface area contributed by atoms with Crippen molar-refractivity contribution in [2.45, 2.75) is 12.4 Å². The highest BCUT2D eigenvalue weighted by Crippen LogP contribution is 2.68. The SMILES string of the molecule is COP(=O)(OC)C(Nc1ccc(C)cc1)P(=O)(OC)OC. The Morgan fingerprint density at radius 3 is 1.57 bits per heavy atom. The third-order valence-electron chi connectivity index (χ3n) is 2.96. The van der Waals surface area contributed by atoms with Crippen molar-refractivity contribution >= 4 is 20.9 Å². The third-order valence-corrected chi connectivity index (χ3v) is 8.15. The largest absolute Gasteiger partial charge is 0.364 e. The zero-order chi connectivity index (χ0) is 16.1. The van der Waals surface area contributed by atoms with Crippen LogP contribution in [-0.4, -0.2) is 34.0 Å². The summed E-state index contributed by atoms with van der Waals surface area (Å²) >= 11 is 0. The lowest BCUT2D eigenvalue weighted by Crippen LogP contribution is -2.23. The highest BCUT2D eigenvalue weighted by atomic mass is 31.2. The Morgan fingerprint density at radius 2 is 1.24 bits per heavy atom. The maximum absolute atomic E-state index is 12.6. The van der Waals surface area contributed by atoms with Crippen LogP contribution in [-0.2, 0) is 27.2 Å². The van der Waals surface area contributed by atoms with Gasteiger partial charge in [0.15, 0.2) is 0 Å². The summed E-state index contributed by atoms with van der Waals surface area (Å²) in [5.41, 5.74) is 0.368. The Kier molecular flexibility index (Phi) is 6.60. The van der Waals surface area contributed by atoms with E-state index in [1.807, 2.05) is 19.1 Å². The van der Waals surface area contributed by atoms with Crippen LogP contribution in [0.3, 0.4) is 0 Å². The van der Waals surface area contributed by atoms with Crippen LogP contribution in [0.25, 0.3) is 0 Å². The number of benzene rings is 1. The standard InChI is InChI=1S/C12H21NO6P2/c1-10-6-8-11(9-7-10)13-12(20(14,16-2)17-3)21(15,18-4)19-5/h6-9,12-13H,1-5H3. The Bertz CT molecular complexity index is 505. The van der Waals surface area contributed by atoms with Crippen molar-refractivity contribution in [1.29, 1.82) is 0 Å². The number of hydrogen-bond donors (Lipinski definition) is 1. The molecular weight excluding hydrogens is 316 g/mol. The van der Waals surface area contributed by atoms with Crippen LogP contribution in [0.1, 0.15) is 5.56 Å². The van der Waals surface area contributed by atoms with Gasteiger partial charge in [-0.25, -0.2) is 0 Å². The molecule has 7 nitrogen and oxygen atoms in total. The lowest BCUT2D eigenvalue weighted by molar-refractivity contribution is 0.250. The monoisotopic (exact) mass is 337 g/mol. The fraction of sp³-hybridized carbons (Fsp3) is 0.500. The first-order chi connectivity index (χ1) is 9.85. The van der Waals surface area contributed by atoms with Gasteiger partial charge in [0.25, 0.3) is 0 Å². The molecule has 0 aliphatic carbocycles. The number of nitrogens with one attached hydrogen (secondary N) is 1. The van der Waals surface area contributed by atoms with E-state index in [9.17, 15) is 9.13 Å². The first-order valence-electron chi connectivity index (χ1n) is 6.10. The van der Waals surface area contributed by atoms with Crippen LogP contribution >= 0.6 is 15.2 Å². The number of rotatable bonds is 8. The molecular formula is C12H21NO6P2. The molecule has 0 aliphatic heterocycles. The van der Waals surface area contributed by atoms with E-state index in [-0.39, 0.29) is 0 Å². The maximum atomic E-state index is 12.6. The van der Waals surface area contributed by atoms with Crippen LogP contribution in [0, 0.1) is 6.92 Å². The quantitative estimate of drug-likeness (QED) is 0.725. The van der Waals surface area contributed by atoms with Gasteiger partial charge in [0.1, 0.15) is 0 Å². The second-order valence-corrected chi connectivity index (χ2v) is 9.25. The van der Waals surface area contributed by atoms with Crippen molar-refractivity contribution in [3.8, 4) is 0 Å². The van der Waals surface area contributed by atoms with Crippen molar-refractivity contribution in [3.63, 3.8) is 0 Å². The van der Waals surface area contributed by atoms with Gasteiger partial charge in [-0.3, -0.25) is 9.13 Å². The fourth-order valence-electron chi connectivity index (χ4n) is 1.68. The molecule has 120 valence electrons. The van der Waals surface area contributed by atoms with E-state index in [1.165, 1.54) is 28.4 Å². The lowest BCUT2D eigenvalue weighted by Gasteiger charge is -2.30. The molecule has 21 heavy (non-hydrogen) atoms. The number of anilines is 1. The van der Waals surface area contributed by atoms with E-state index in [4.69, 9.17) is 18.1 Å². The van der Waals surface area contributed by atoms with Gasteiger partial charge in [0.05, 0.1) is 0 Å². The minimum absolute atomic E-state index is 0.592. The Morgan fingerprint density at radius 1 is 0.857 bits per heavy atom. The van der Waals surface area contributed by atoms with Crippen LogP contribution < -0.4 is 5.32 Å². The average Bonchev–Trinajstić information content (AvgIpc) is 2.52. The highest BCUT2D eigenvalue weighted by Gasteiger charge is 2.49. The van der Waals surface area contributed by atoms with E-state index in [0.717, 1.165) is 5.56 Å². The molecule has 0 unspecified atom stereocenters. The van der Waals surface area contributed by atoms with Gasteiger partial charge < -0.3 is 23.4 Å². The predicted octanol–water partition coefficient (Wildman–Crippen LogP) is 3.66. The first kappa shape index (κ1) is 18.4. The second kappa shape index (κ2) is 7.54. The molecule has 0 heterocycles. The summed E-state index contributed by atoms with van der Waals surface area (Å²) in [5, 5.41) is 2.86. The molecule has 0 amide bonds. The van der Waals surface area contributed by atoms with Crippen LogP contribution in [0.15, 0.2) is 24.3 Å². The van der Waals surface area contributed by atoms with E-state index in [1.54, 1.807) is 12.1 Å². The molecule has 0 bridgehead atoms. The molecule has 9 heteroatoms. The maximum Gasteiger partial charge on any atom is 0.364 e. The van der Waals surface area contributed by atoms with E-state index < -0.39 is 20.7 Å². The summed E-state index contributed by atoms with van der Waals surface area (Å²) in [7, 11) is -2.65. The number of hydrogen-bond acceptors (Lipinski definition) is 7. The second-order valence-electron chi connectivity index (χ2n) is 4.19. The van der Waals surface area contributed by atoms with E-state index in [0.29, 0.717) is 5.69 Å². The molecule has 0 radical (unpaired) electrons. The van der Waals surface area contributed by atoms with Gasteiger partial charge in [-0.05, 0) is 19.1 Å². The fourth-order valence-corrected chi connectivity index (χ4v) is 5.91. The molecule has 1 N–H and O–H groups in total. The molecule has 0 spiro atoms. The summed E-state index contributed by atoms with van der Waals surface area (Å²) in [5.74, 6) is 0. The summed E-state index contributed by atoms with van der Waals surface area (Å²) in [6, 6.07) is 7.23. The average molecular weight is 337 g/mol. The third kappa shape index (κ3) is 4.16. The summed E-state index contributed by atoms with van der Waals surface area (Å²) < 4.78 is 45.0. The zero-order valence-electron chi connectivity index (χ0n) is 12.7. The Balaban J connectivity index is 3.22. The van der Waals surface area contributed by atoms with Gasteiger partial charge in [-0.1, -0.05) is 17.7 Å². The van der Waals surface area contributed by atoms with Gasteiger partial charge in [0.2, 0.25) is 5.52 Å². The highest BCUT2D eigenvalue weighted by molar-refractivity contribution is 7.72. The van der Waals surface area contributed by atoms with Crippen molar-refractivity contribution < 1.29 is 27.2 Å². The molecule has 1 aromatic carbocycles. The van der Waals surface area contributed by atoms with Crippen molar-refractivity contribution in [3.05, 3.63) is 29.8 Å². The minimum Gasteiger partial charge on any atom is -0.362 e. The molecule has 0 aromatic heterocycles. The summed E-state index contributed by atoms with van der Waals surface area (Å²) in [6.45, 7) is 1.94. The van der Waals surface area contributed by atoms with Crippen LogP contribution in [0.4, 0.5) is 5.69 Å². The van der Waals surface area contributed by atoms with Crippen molar-refractivity contribution in [2.24, 2.45) is 0 Å². The van der Waals surface area contributed by atoms with Crippen molar-refractivity contribution in [2.75, 3.05) is 33.8 Å². The van der Waals surface area contributed by atoms with E-state index >= 15 is 0 Å². The first-order valence-corrected chi connectivity index (χ1v) is 9.33. The molecule has 0 atom stereocenters. The van der Waals surface area contributed by atoms with Gasteiger partial charge in [0, 0.05) is 34.1 Å². The Hall–Kier alpha value is -0.680. The molecule has 0 saturated heterocycles. The van der Waals surface area contributed by atoms with Gasteiger partial charge in [-0.2, -0.15) is 0 Å². The number of aryl methyl sites for hydroxylation is 1. The normalized spacial score (nSPS) is 12.7. The molecule has 1 rings (SSSR count). The van der Waals surface area contributed by atoms with E-state index in [2.05, 4.69) is 5.32 Å². The molecule has 0 saturated carbocycles. The predicted molar refractivity (Wildman–Crippen MR) is 81.8 cm³/mol. The van der Waals surface area contributed by atoms with Gasteiger partial charge >= 0.3 is 15.2 Å². The van der Waals surface area contributed by atoms with Gasteiger partial charge in [-0.15, -0.1) is 0 Å². The van der Waals surface area contributed by atoms with Crippen molar-refractivity contribution in [1.82, 2.24) is 0 Å². The van der Waals surface area contributed by atoms with Crippen LogP contribution in [0.5, 0.6) is 0 Å². The summed E-state index contributed by atoms with van der Waals surface area (Å²) in [6.07, 6.45) is 0. The minimum atomic E-state index is -3.75. The molecule has 0 aliphatic rings. The zero-order valence-corrected chi connectivity index (χ0v) is 14.5. The topological polar surface area (TPSA) is 83.1 Å². The molecule has 1 aromatic rings. The van der Waals surface area contributed by atoms with Crippen LogP contribution in [0.2, 0.25) is 0 Å². The smallest absolute Gasteiger partial charge is 0.362 e. The molecule has 0 fully saturated rings. The summed E-state index contributed by atoms with van der Waals surface area (Å²) in [4.78, 5) is 0.